The van der Waals surface area contributed by atoms with Crippen molar-refractivity contribution in [3.63, 3.8) is 0 Å². The minimum absolute atomic E-state index is 0.0389. The highest BCUT2D eigenvalue weighted by Gasteiger charge is 2.45. The van der Waals surface area contributed by atoms with Crippen LogP contribution in [-0.2, 0) is 14.4 Å². The van der Waals surface area contributed by atoms with Crippen molar-refractivity contribution in [3.8, 4) is 0 Å². The second-order valence-corrected chi connectivity index (χ2v) is 10.7. The molecule has 1 atom stereocenters. The number of amides is 3. The number of carbonyl (C=O) groups excluding carboxylic acids is 3. The number of fused-ring (bicyclic) bond motifs is 1. The zero-order valence-electron chi connectivity index (χ0n) is 17.9. The molecule has 1 aliphatic carbocycles. The predicted octanol–water partition coefficient (Wildman–Crippen LogP) is 3.69. The average molecular weight is 460 g/mol. The van der Waals surface area contributed by atoms with E-state index in [1.165, 1.54) is 23.1 Å². The van der Waals surface area contributed by atoms with Crippen LogP contribution >= 0.6 is 23.1 Å². The number of anilines is 3. The molecule has 0 bridgehead atoms. The number of nitrogens with zero attached hydrogens (tertiary/aromatic N) is 4. The molecular formula is C21H25N5O3S2. The van der Waals surface area contributed by atoms with E-state index in [0.29, 0.717) is 27.3 Å². The zero-order chi connectivity index (χ0) is 22.3. The summed E-state index contributed by atoms with van der Waals surface area (Å²) in [6, 6.07) is 7.50. The number of para-hydroxylation sites is 2. The Labute approximate surface area is 189 Å². The van der Waals surface area contributed by atoms with E-state index in [-0.39, 0.29) is 23.8 Å². The largest absolute Gasteiger partial charge is 0.322 e. The second kappa shape index (κ2) is 8.23. The van der Waals surface area contributed by atoms with Gasteiger partial charge in [0.1, 0.15) is 5.54 Å². The molecule has 1 fully saturated rings. The van der Waals surface area contributed by atoms with E-state index in [1.807, 2.05) is 25.1 Å². The van der Waals surface area contributed by atoms with E-state index < -0.39 is 10.8 Å². The number of nitrogens with one attached hydrogen (secondary N) is 1. The van der Waals surface area contributed by atoms with Crippen molar-refractivity contribution in [1.82, 2.24) is 10.2 Å². The number of thioether (sulfide) groups is 1. The molecule has 0 spiro atoms. The van der Waals surface area contributed by atoms with E-state index in [9.17, 15) is 14.4 Å². The normalized spacial score (nSPS) is 18.2. The molecule has 2 heterocycles. The zero-order valence-corrected chi connectivity index (χ0v) is 19.5. The fraction of sp³-hybridized carbons (Fsp3) is 0.476. The smallest absolute Gasteiger partial charge is 0.250 e. The Kier molecular flexibility index (Phi) is 5.78. The lowest BCUT2D eigenvalue weighted by Gasteiger charge is -2.42. The van der Waals surface area contributed by atoms with Gasteiger partial charge in [0, 0.05) is 12.5 Å². The summed E-state index contributed by atoms with van der Waals surface area (Å²) in [5.41, 5.74) is 0.271. The summed E-state index contributed by atoms with van der Waals surface area (Å²) in [6.45, 7) is 7.11. The lowest BCUT2D eigenvalue weighted by atomic mass is 9.96. The van der Waals surface area contributed by atoms with Crippen LogP contribution in [0.3, 0.4) is 0 Å². The number of hydrogen-bond donors (Lipinski definition) is 1. The first kappa shape index (κ1) is 21.8. The van der Waals surface area contributed by atoms with Gasteiger partial charge in [-0.05, 0) is 45.7 Å². The lowest BCUT2D eigenvalue weighted by Crippen LogP contribution is -2.60. The quantitative estimate of drug-likeness (QED) is 0.523. The van der Waals surface area contributed by atoms with Gasteiger partial charge >= 0.3 is 0 Å². The first-order valence-electron chi connectivity index (χ1n) is 10.3. The van der Waals surface area contributed by atoms with Crippen LogP contribution in [0.25, 0.3) is 0 Å². The monoisotopic (exact) mass is 459 g/mol. The molecule has 2 aliphatic rings. The maximum atomic E-state index is 13.5. The fourth-order valence-corrected chi connectivity index (χ4v) is 5.66. The van der Waals surface area contributed by atoms with Gasteiger partial charge in [-0.2, -0.15) is 0 Å². The highest BCUT2D eigenvalue weighted by Crippen LogP contribution is 2.40. The lowest BCUT2D eigenvalue weighted by molar-refractivity contribution is -0.126. The van der Waals surface area contributed by atoms with Crippen LogP contribution in [0, 0.1) is 0 Å². The summed E-state index contributed by atoms with van der Waals surface area (Å²) < 4.78 is 0.623. The first-order valence-corrected chi connectivity index (χ1v) is 12.0. The van der Waals surface area contributed by atoms with Crippen molar-refractivity contribution < 1.29 is 14.4 Å². The Balaban J connectivity index is 1.55. The molecule has 0 radical (unpaired) electrons. The molecule has 1 aliphatic heterocycles. The molecule has 2 aromatic rings. The van der Waals surface area contributed by atoms with Crippen LogP contribution in [0.15, 0.2) is 28.6 Å². The average Bonchev–Trinajstić information content (AvgIpc) is 3.46. The fourth-order valence-electron chi connectivity index (χ4n) is 3.55. The van der Waals surface area contributed by atoms with Gasteiger partial charge in [-0.25, -0.2) is 0 Å². The van der Waals surface area contributed by atoms with E-state index in [1.54, 1.807) is 36.6 Å². The molecule has 4 rings (SSSR count). The maximum Gasteiger partial charge on any atom is 0.250 e. The number of rotatable bonds is 6. The third kappa shape index (κ3) is 4.06. The van der Waals surface area contributed by atoms with Crippen LogP contribution in [0.1, 0.15) is 47.0 Å². The van der Waals surface area contributed by atoms with E-state index in [4.69, 9.17) is 0 Å². The number of aromatic nitrogens is 2. The van der Waals surface area contributed by atoms with Gasteiger partial charge in [0.05, 0.1) is 16.6 Å². The molecule has 164 valence electrons. The van der Waals surface area contributed by atoms with Gasteiger partial charge in [0.25, 0.3) is 0 Å². The highest BCUT2D eigenvalue weighted by atomic mass is 32.2. The predicted molar refractivity (Wildman–Crippen MR) is 123 cm³/mol. The summed E-state index contributed by atoms with van der Waals surface area (Å²) in [5, 5.41) is 11.4. The molecule has 1 N–H and O–H groups in total. The summed E-state index contributed by atoms with van der Waals surface area (Å²) in [5.74, 6) is -0.372. The minimum atomic E-state index is -1.02. The molecule has 31 heavy (non-hydrogen) atoms. The number of benzene rings is 1. The molecule has 0 saturated heterocycles. The molecule has 10 heteroatoms. The van der Waals surface area contributed by atoms with Gasteiger partial charge in [-0.1, -0.05) is 42.2 Å². The van der Waals surface area contributed by atoms with Crippen molar-refractivity contribution in [2.45, 2.75) is 68.1 Å². The van der Waals surface area contributed by atoms with Crippen molar-refractivity contribution in [3.05, 3.63) is 24.3 Å². The van der Waals surface area contributed by atoms with E-state index in [0.717, 1.165) is 12.8 Å². The van der Waals surface area contributed by atoms with Crippen LogP contribution in [0.2, 0.25) is 0 Å². The highest BCUT2D eigenvalue weighted by molar-refractivity contribution is 8.02. The molecular weight excluding hydrogens is 434 g/mol. The molecule has 1 unspecified atom stereocenters. The standard InChI is InChI=1S/C21H25N5O3S2/c1-5-16(27)25(13-10-11-13)19-23-24-20(31-19)30-12(2)17(28)26-15-9-7-6-8-14(15)22-18(29)21(26,3)4/h6-9,12-13H,5,10-11H2,1-4H3,(H,22,29). The Morgan fingerprint density at radius 1 is 1.32 bits per heavy atom. The summed E-state index contributed by atoms with van der Waals surface area (Å²) in [6.07, 6.45) is 2.38. The summed E-state index contributed by atoms with van der Waals surface area (Å²) >= 11 is 2.62. The number of hydrogen-bond acceptors (Lipinski definition) is 7. The van der Waals surface area contributed by atoms with Gasteiger partial charge < -0.3 is 5.32 Å². The van der Waals surface area contributed by atoms with Gasteiger partial charge in [0.2, 0.25) is 22.9 Å². The van der Waals surface area contributed by atoms with Crippen molar-refractivity contribution >= 4 is 57.3 Å². The Bertz CT molecular complexity index is 1030. The van der Waals surface area contributed by atoms with Gasteiger partial charge in [-0.15, -0.1) is 10.2 Å². The van der Waals surface area contributed by atoms with Crippen molar-refractivity contribution in [2.75, 3.05) is 15.1 Å². The van der Waals surface area contributed by atoms with Gasteiger partial charge in [-0.3, -0.25) is 24.2 Å². The second-order valence-electron chi connectivity index (χ2n) is 8.16. The Morgan fingerprint density at radius 2 is 2.03 bits per heavy atom. The van der Waals surface area contributed by atoms with E-state index in [2.05, 4.69) is 15.5 Å². The Hall–Kier alpha value is -2.46. The third-order valence-corrected chi connectivity index (χ3v) is 7.53. The SMILES string of the molecule is CCC(=O)N(c1nnc(SC(C)C(=O)N2c3ccccc3NC(=O)C2(C)C)s1)C1CC1. The van der Waals surface area contributed by atoms with Crippen molar-refractivity contribution in [1.29, 1.82) is 0 Å². The van der Waals surface area contributed by atoms with Crippen LogP contribution in [0.4, 0.5) is 16.5 Å². The molecule has 1 aromatic carbocycles. The first-order chi connectivity index (χ1) is 14.7. The van der Waals surface area contributed by atoms with Crippen LogP contribution < -0.4 is 15.1 Å². The van der Waals surface area contributed by atoms with Gasteiger partial charge in [0.15, 0.2) is 4.34 Å². The van der Waals surface area contributed by atoms with Crippen LogP contribution in [-0.4, -0.2) is 44.7 Å². The maximum absolute atomic E-state index is 13.5. The molecule has 1 saturated carbocycles. The molecule has 8 nitrogen and oxygen atoms in total. The summed E-state index contributed by atoms with van der Waals surface area (Å²) in [7, 11) is 0. The summed E-state index contributed by atoms with van der Waals surface area (Å²) in [4.78, 5) is 41.7. The Morgan fingerprint density at radius 3 is 2.71 bits per heavy atom. The minimum Gasteiger partial charge on any atom is -0.322 e. The molecule has 3 amide bonds. The van der Waals surface area contributed by atoms with E-state index >= 15 is 0 Å². The number of carbonyl (C=O) groups is 3. The van der Waals surface area contributed by atoms with Crippen molar-refractivity contribution in [2.24, 2.45) is 0 Å². The molecule has 1 aromatic heterocycles. The third-order valence-electron chi connectivity index (χ3n) is 5.44. The van der Waals surface area contributed by atoms with Crippen LogP contribution in [0.5, 0.6) is 0 Å². The topological polar surface area (TPSA) is 95.5 Å².